The van der Waals surface area contributed by atoms with Crippen molar-refractivity contribution in [2.75, 3.05) is 0 Å². The SMILES string of the molecule is CC(C)NC(=O)C(C)N(Cc1ccccc1F)C(=O)Cc1ccc(F)cc1. The smallest absolute Gasteiger partial charge is 0.242 e. The van der Waals surface area contributed by atoms with Crippen LogP contribution in [0.3, 0.4) is 0 Å². The Hall–Kier alpha value is -2.76. The van der Waals surface area contributed by atoms with Gasteiger partial charge in [-0.05, 0) is 44.5 Å². The summed E-state index contributed by atoms with van der Waals surface area (Å²) in [6, 6.07) is 10.9. The fourth-order valence-electron chi connectivity index (χ4n) is 2.68. The van der Waals surface area contributed by atoms with E-state index in [1.54, 1.807) is 25.1 Å². The molecule has 2 amide bonds. The predicted molar refractivity (Wildman–Crippen MR) is 99.8 cm³/mol. The summed E-state index contributed by atoms with van der Waals surface area (Å²) < 4.78 is 27.2. The highest BCUT2D eigenvalue weighted by atomic mass is 19.1. The summed E-state index contributed by atoms with van der Waals surface area (Å²) in [4.78, 5) is 26.6. The zero-order valence-corrected chi connectivity index (χ0v) is 15.7. The standard InChI is InChI=1S/C21H24F2N2O2/c1-14(2)24-21(27)15(3)25(13-17-6-4-5-7-19(17)23)20(26)12-16-8-10-18(22)11-9-16/h4-11,14-15H,12-13H2,1-3H3,(H,24,27). The van der Waals surface area contributed by atoms with Crippen molar-refractivity contribution in [3.05, 3.63) is 71.3 Å². The Morgan fingerprint density at radius 1 is 1.00 bits per heavy atom. The lowest BCUT2D eigenvalue weighted by Gasteiger charge is -2.29. The Balaban J connectivity index is 2.24. The van der Waals surface area contributed by atoms with Crippen LogP contribution < -0.4 is 5.32 Å². The number of rotatable bonds is 7. The molecule has 0 radical (unpaired) electrons. The van der Waals surface area contributed by atoms with E-state index in [0.29, 0.717) is 11.1 Å². The Labute approximate surface area is 158 Å². The molecule has 0 bridgehead atoms. The first-order valence-corrected chi connectivity index (χ1v) is 8.85. The van der Waals surface area contributed by atoms with Gasteiger partial charge in [0.25, 0.3) is 0 Å². The molecule has 0 saturated heterocycles. The highest BCUT2D eigenvalue weighted by Gasteiger charge is 2.27. The summed E-state index contributed by atoms with van der Waals surface area (Å²) in [7, 11) is 0. The molecule has 0 aromatic heterocycles. The van der Waals surface area contributed by atoms with E-state index >= 15 is 0 Å². The van der Waals surface area contributed by atoms with Gasteiger partial charge in [0.2, 0.25) is 11.8 Å². The van der Waals surface area contributed by atoms with Crippen molar-refractivity contribution in [2.24, 2.45) is 0 Å². The second-order valence-electron chi connectivity index (χ2n) is 6.76. The monoisotopic (exact) mass is 374 g/mol. The summed E-state index contributed by atoms with van der Waals surface area (Å²) in [5, 5.41) is 2.77. The number of hydrogen-bond donors (Lipinski definition) is 1. The molecule has 1 N–H and O–H groups in total. The molecule has 0 spiro atoms. The van der Waals surface area contributed by atoms with Gasteiger partial charge in [-0.3, -0.25) is 9.59 Å². The van der Waals surface area contributed by atoms with Crippen molar-refractivity contribution in [1.82, 2.24) is 10.2 Å². The lowest BCUT2D eigenvalue weighted by atomic mass is 10.1. The second-order valence-corrected chi connectivity index (χ2v) is 6.76. The minimum absolute atomic E-state index is 0.00592. The third kappa shape index (κ3) is 5.88. The average Bonchev–Trinajstić information content (AvgIpc) is 2.61. The quantitative estimate of drug-likeness (QED) is 0.807. The van der Waals surface area contributed by atoms with Crippen molar-refractivity contribution in [3.8, 4) is 0 Å². The van der Waals surface area contributed by atoms with Crippen molar-refractivity contribution in [1.29, 1.82) is 0 Å². The maximum Gasteiger partial charge on any atom is 0.242 e. The molecular formula is C21H24F2N2O2. The van der Waals surface area contributed by atoms with Gasteiger partial charge in [0, 0.05) is 18.2 Å². The van der Waals surface area contributed by atoms with Crippen LogP contribution in [0.25, 0.3) is 0 Å². The maximum atomic E-state index is 14.1. The first-order valence-electron chi connectivity index (χ1n) is 8.85. The molecule has 2 aromatic rings. The molecule has 4 nitrogen and oxygen atoms in total. The third-order valence-electron chi connectivity index (χ3n) is 4.17. The van der Waals surface area contributed by atoms with Crippen molar-refractivity contribution in [3.63, 3.8) is 0 Å². The number of benzene rings is 2. The first kappa shape index (κ1) is 20.6. The van der Waals surface area contributed by atoms with Gasteiger partial charge >= 0.3 is 0 Å². The Morgan fingerprint density at radius 3 is 2.22 bits per heavy atom. The Bertz CT molecular complexity index is 791. The van der Waals surface area contributed by atoms with E-state index in [1.165, 1.54) is 35.2 Å². The van der Waals surface area contributed by atoms with Gasteiger partial charge < -0.3 is 10.2 Å². The molecule has 1 unspecified atom stereocenters. The van der Waals surface area contributed by atoms with Crippen molar-refractivity contribution < 1.29 is 18.4 Å². The lowest BCUT2D eigenvalue weighted by Crippen LogP contribution is -2.49. The normalized spacial score (nSPS) is 11.9. The minimum Gasteiger partial charge on any atom is -0.352 e. The zero-order valence-electron chi connectivity index (χ0n) is 15.7. The largest absolute Gasteiger partial charge is 0.352 e. The van der Waals surface area contributed by atoms with Crippen LogP contribution in [0.5, 0.6) is 0 Å². The fourth-order valence-corrected chi connectivity index (χ4v) is 2.68. The Morgan fingerprint density at radius 2 is 1.63 bits per heavy atom. The summed E-state index contributed by atoms with van der Waals surface area (Å²) in [5.74, 6) is -1.47. The predicted octanol–water partition coefficient (Wildman–Crippen LogP) is 3.45. The molecule has 144 valence electrons. The molecule has 0 aliphatic carbocycles. The zero-order chi connectivity index (χ0) is 20.0. The van der Waals surface area contributed by atoms with Gasteiger partial charge in [-0.15, -0.1) is 0 Å². The summed E-state index contributed by atoms with van der Waals surface area (Å²) >= 11 is 0. The molecule has 0 saturated carbocycles. The van der Waals surface area contributed by atoms with Gasteiger partial charge in [-0.1, -0.05) is 30.3 Å². The van der Waals surface area contributed by atoms with Gasteiger partial charge in [-0.2, -0.15) is 0 Å². The van der Waals surface area contributed by atoms with E-state index in [2.05, 4.69) is 5.32 Å². The van der Waals surface area contributed by atoms with Crippen LogP contribution in [0, 0.1) is 11.6 Å². The van der Waals surface area contributed by atoms with E-state index in [0.717, 1.165) is 0 Å². The van der Waals surface area contributed by atoms with Crippen LogP contribution in [0.1, 0.15) is 31.9 Å². The molecule has 0 fully saturated rings. The van der Waals surface area contributed by atoms with Gasteiger partial charge in [0.05, 0.1) is 6.42 Å². The van der Waals surface area contributed by atoms with Crippen LogP contribution in [-0.2, 0) is 22.6 Å². The summed E-state index contributed by atoms with van der Waals surface area (Å²) in [5.41, 5.74) is 0.950. The van der Waals surface area contributed by atoms with Crippen LogP contribution >= 0.6 is 0 Å². The first-order chi connectivity index (χ1) is 12.8. The second kappa shape index (κ2) is 9.26. The van der Waals surface area contributed by atoms with Crippen LogP contribution in [0.15, 0.2) is 48.5 Å². The summed E-state index contributed by atoms with van der Waals surface area (Å²) in [6.07, 6.45) is -0.00592. The van der Waals surface area contributed by atoms with Gasteiger partial charge in [0.1, 0.15) is 17.7 Å². The fraction of sp³-hybridized carbons (Fsp3) is 0.333. The number of hydrogen-bond acceptors (Lipinski definition) is 2. The molecule has 1 atom stereocenters. The van der Waals surface area contributed by atoms with Crippen molar-refractivity contribution in [2.45, 2.75) is 45.8 Å². The van der Waals surface area contributed by atoms with Crippen LogP contribution in [0.4, 0.5) is 8.78 Å². The highest BCUT2D eigenvalue weighted by molar-refractivity contribution is 5.88. The number of nitrogens with one attached hydrogen (secondary N) is 1. The van der Waals surface area contributed by atoms with E-state index in [4.69, 9.17) is 0 Å². The van der Waals surface area contributed by atoms with E-state index in [-0.39, 0.29) is 36.6 Å². The molecule has 6 heteroatoms. The van der Waals surface area contributed by atoms with Gasteiger partial charge in [0.15, 0.2) is 0 Å². The average molecular weight is 374 g/mol. The third-order valence-corrected chi connectivity index (χ3v) is 4.17. The molecule has 0 heterocycles. The van der Waals surface area contributed by atoms with E-state index in [1.807, 2.05) is 13.8 Å². The topological polar surface area (TPSA) is 49.4 Å². The maximum absolute atomic E-state index is 14.1. The lowest BCUT2D eigenvalue weighted by molar-refractivity contribution is -0.140. The van der Waals surface area contributed by atoms with Crippen molar-refractivity contribution >= 4 is 11.8 Å². The highest BCUT2D eigenvalue weighted by Crippen LogP contribution is 2.15. The molecule has 0 aliphatic heterocycles. The molecular weight excluding hydrogens is 350 g/mol. The van der Waals surface area contributed by atoms with Crippen LogP contribution in [-0.4, -0.2) is 28.8 Å². The number of nitrogens with zero attached hydrogens (tertiary/aromatic N) is 1. The number of halogens is 2. The Kier molecular flexibility index (Phi) is 7.05. The number of amides is 2. The molecule has 27 heavy (non-hydrogen) atoms. The molecule has 2 rings (SSSR count). The molecule has 2 aromatic carbocycles. The number of carbonyl (C=O) groups is 2. The molecule has 0 aliphatic rings. The van der Waals surface area contributed by atoms with Crippen LogP contribution in [0.2, 0.25) is 0 Å². The van der Waals surface area contributed by atoms with E-state index < -0.39 is 11.9 Å². The number of carbonyl (C=O) groups excluding carboxylic acids is 2. The van der Waals surface area contributed by atoms with Gasteiger partial charge in [-0.25, -0.2) is 8.78 Å². The minimum atomic E-state index is -0.778. The summed E-state index contributed by atoms with van der Waals surface area (Å²) in [6.45, 7) is 5.23. The van der Waals surface area contributed by atoms with E-state index in [9.17, 15) is 18.4 Å².